The van der Waals surface area contributed by atoms with Gasteiger partial charge in [0.1, 0.15) is 0 Å². The summed E-state index contributed by atoms with van der Waals surface area (Å²) in [5.74, 6) is -0.175. The molecule has 0 amide bonds. The van der Waals surface area contributed by atoms with E-state index in [2.05, 4.69) is 31.2 Å². The van der Waals surface area contributed by atoms with Crippen molar-refractivity contribution in [3.63, 3.8) is 0 Å². The van der Waals surface area contributed by atoms with Gasteiger partial charge in [-0.05, 0) is 24.3 Å². The van der Waals surface area contributed by atoms with Crippen LogP contribution in [0.15, 0.2) is 70.3 Å². The average molecular weight is 470 g/mol. The molecule has 10 heteroatoms. The minimum absolute atomic E-state index is 0.0617. The van der Waals surface area contributed by atoms with Gasteiger partial charge >= 0.3 is 0 Å². The van der Waals surface area contributed by atoms with Crippen LogP contribution in [0.4, 0.5) is 5.69 Å². The molecule has 0 atom stereocenters. The quantitative estimate of drug-likeness (QED) is 0.178. The minimum atomic E-state index is -0.524. The fourth-order valence-electron chi connectivity index (χ4n) is 2.64. The van der Waals surface area contributed by atoms with E-state index in [0.717, 1.165) is 15.7 Å². The van der Waals surface area contributed by atoms with E-state index in [0.29, 0.717) is 10.8 Å². The lowest BCUT2D eigenvalue weighted by molar-refractivity contribution is -0.384. The Kier molecular flexibility index (Phi) is 5.36. The second-order valence-electron chi connectivity index (χ2n) is 6.00. The second-order valence-corrected chi connectivity index (χ2v) is 7.86. The van der Waals surface area contributed by atoms with E-state index in [9.17, 15) is 14.9 Å². The van der Waals surface area contributed by atoms with E-state index in [1.807, 2.05) is 36.4 Å². The van der Waals surface area contributed by atoms with Crippen LogP contribution in [0.2, 0.25) is 0 Å². The highest BCUT2D eigenvalue weighted by Gasteiger charge is 2.15. The number of fused-ring (bicyclic) bond motifs is 1. The van der Waals surface area contributed by atoms with Crippen LogP contribution in [0.3, 0.4) is 0 Å². The summed E-state index contributed by atoms with van der Waals surface area (Å²) < 4.78 is 2.56. The van der Waals surface area contributed by atoms with Crippen molar-refractivity contribution in [1.29, 1.82) is 0 Å². The number of Topliss-reactive ketones (excluding diaryl/α,β-unsaturated/α-hetero) is 1. The van der Waals surface area contributed by atoms with Crippen LogP contribution in [-0.2, 0) is 0 Å². The molecule has 0 unspecified atom stereocenters. The molecule has 2 heterocycles. The Bertz CT molecular complexity index is 1230. The number of nitro groups is 1. The van der Waals surface area contributed by atoms with Gasteiger partial charge in [0.2, 0.25) is 5.16 Å². The summed E-state index contributed by atoms with van der Waals surface area (Å²) >= 11 is 4.59. The Morgan fingerprint density at radius 3 is 2.66 bits per heavy atom. The van der Waals surface area contributed by atoms with Gasteiger partial charge in [-0.2, -0.15) is 9.61 Å². The van der Waals surface area contributed by atoms with E-state index in [-0.39, 0.29) is 22.8 Å². The second kappa shape index (κ2) is 8.10. The maximum absolute atomic E-state index is 12.4. The van der Waals surface area contributed by atoms with Gasteiger partial charge in [0, 0.05) is 27.7 Å². The summed E-state index contributed by atoms with van der Waals surface area (Å²) in [5.41, 5.74) is 2.42. The molecule has 0 fully saturated rings. The summed E-state index contributed by atoms with van der Waals surface area (Å²) in [7, 11) is 0. The molecular formula is C19H12BrN5O3S. The van der Waals surface area contributed by atoms with Crippen molar-refractivity contribution in [3.8, 4) is 11.3 Å². The Morgan fingerprint density at radius 1 is 1.10 bits per heavy atom. The van der Waals surface area contributed by atoms with Crippen LogP contribution in [0.5, 0.6) is 0 Å². The van der Waals surface area contributed by atoms with Gasteiger partial charge < -0.3 is 0 Å². The molecule has 0 aliphatic heterocycles. The van der Waals surface area contributed by atoms with Crippen molar-refractivity contribution in [2.75, 3.05) is 5.75 Å². The number of carbonyl (C=O) groups excluding carboxylic acids is 1. The summed E-state index contributed by atoms with van der Waals surface area (Å²) in [4.78, 5) is 22.8. The number of nitrogens with zero attached hydrogens (tertiary/aromatic N) is 5. The van der Waals surface area contributed by atoms with E-state index in [4.69, 9.17) is 0 Å². The van der Waals surface area contributed by atoms with Crippen LogP contribution in [0, 0.1) is 10.1 Å². The zero-order valence-electron chi connectivity index (χ0n) is 14.7. The third-order valence-electron chi connectivity index (χ3n) is 4.09. The normalized spacial score (nSPS) is 10.9. The molecule has 0 aliphatic carbocycles. The molecule has 0 bridgehead atoms. The topological polar surface area (TPSA) is 103 Å². The summed E-state index contributed by atoms with van der Waals surface area (Å²) in [6.07, 6.45) is 0. The SMILES string of the molecule is O=C(CSc1nnc2ccc(-c3ccc(Br)cc3)nn12)c1cccc([N+](=O)[O-])c1. The van der Waals surface area contributed by atoms with Crippen molar-refractivity contribution in [3.05, 3.63) is 80.8 Å². The molecule has 0 saturated heterocycles. The first-order valence-corrected chi connectivity index (χ1v) is 10.2. The van der Waals surface area contributed by atoms with Crippen molar-refractivity contribution < 1.29 is 9.72 Å². The number of aromatic nitrogens is 4. The van der Waals surface area contributed by atoms with Crippen molar-refractivity contribution in [2.45, 2.75) is 5.16 Å². The molecule has 8 nitrogen and oxygen atoms in total. The third-order valence-corrected chi connectivity index (χ3v) is 5.53. The predicted octanol–water partition coefficient (Wildman–Crippen LogP) is 4.44. The molecule has 0 spiro atoms. The predicted molar refractivity (Wildman–Crippen MR) is 112 cm³/mol. The highest BCUT2D eigenvalue weighted by Crippen LogP contribution is 2.23. The van der Waals surface area contributed by atoms with Gasteiger partial charge in [-0.25, -0.2) is 0 Å². The van der Waals surface area contributed by atoms with Crippen molar-refractivity contribution in [1.82, 2.24) is 19.8 Å². The smallest absolute Gasteiger partial charge is 0.270 e. The molecule has 0 radical (unpaired) electrons. The summed E-state index contributed by atoms with van der Waals surface area (Å²) in [6.45, 7) is 0. The monoisotopic (exact) mass is 469 g/mol. The molecule has 29 heavy (non-hydrogen) atoms. The molecule has 2 aromatic heterocycles. The average Bonchev–Trinajstić information content (AvgIpc) is 3.15. The number of nitro benzene ring substituents is 1. The zero-order valence-corrected chi connectivity index (χ0v) is 17.1. The Hall–Kier alpha value is -3.11. The molecule has 144 valence electrons. The van der Waals surface area contributed by atoms with Gasteiger partial charge in [-0.1, -0.05) is 52.0 Å². The lowest BCUT2D eigenvalue weighted by atomic mass is 10.1. The first-order valence-electron chi connectivity index (χ1n) is 8.40. The minimum Gasteiger partial charge on any atom is -0.293 e. The largest absolute Gasteiger partial charge is 0.293 e. The maximum Gasteiger partial charge on any atom is 0.270 e. The van der Waals surface area contributed by atoms with Crippen LogP contribution >= 0.6 is 27.7 Å². The first-order chi connectivity index (χ1) is 14.0. The molecule has 4 rings (SSSR count). The lowest BCUT2D eigenvalue weighted by Gasteiger charge is -2.04. The fourth-order valence-corrected chi connectivity index (χ4v) is 3.69. The number of thioether (sulfide) groups is 1. The third kappa shape index (κ3) is 4.17. The number of non-ortho nitro benzene ring substituents is 1. The Labute approximate surface area is 177 Å². The molecule has 0 saturated carbocycles. The van der Waals surface area contributed by atoms with E-state index in [1.54, 1.807) is 10.6 Å². The van der Waals surface area contributed by atoms with Gasteiger partial charge in [-0.3, -0.25) is 14.9 Å². The number of rotatable bonds is 6. The first kappa shape index (κ1) is 19.2. The van der Waals surface area contributed by atoms with Crippen LogP contribution in [-0.4, -0.2) is 36.3 Å². The fraction of sp³-hybridized carbons (Fsp3) is 0.0526. The number of halogens is 1. The molecule has 0 N–H and O–H groups in total. The van der Waals surface area contributed by atoms with Gasteiger partial charge in [-0.15, -0.1) is 10.2 Å². The van der Waals surface area contributed by atoms with Gasteiger partial charge in [0.05, 0.1) is 16.4 Å². The molecule has 4 aromatic rings. The van der Waals surface area contributed by atoms with E-state index in [1.165, 1.54) is 30.0 Å². The number of carbonyl (C=O) groups is 1. The van der Waals surface area contributed by atoms with Gasteiger partial charge in [0.25, 0.3) is 5.69 Å². The maximum atomic E-state index is 12.4. The molecule has 2 aromatic carbocycles. The lowest BCUT2D eigenvalue weighted by Crippen LogP contribution is -2.04. The van der Waals surface area contributed by atoms with Crippen LogP contribution < -0.4 is 0 Å². The van der Waals surface area contributed by atoms with Crippen LogP contribution in [0.1, 0.15) is 10.4 Å². The van der Waals surface area contributed by atoms with E-state index < -0.39 is 4.92 Å². The van der Waals surface area contributed by atoms with E-state index >= 15 is 0 Å². The zero-order chi connectivity index (χ0) is 20.4. The van der Waals surface area contributed by atoms with Crippen LogP contribution in [0.25, 0.3) is 16.9 Å². The Morgan fingerprint density at radius 2 is 1.90 bits per heavy atom. The summed E-state index contributed by atoms with van der Waals surface area (Å²) in [6, 6.07) is 17.1. The number of hydrogen-bond donors (Lipinski definition) is 0. The van der Waals surface area contributed by atoms with Crippen molar-refractivity contribution >= 4 is 44.8 Å². The number of benzene rings is 2. The summed E-state index contributed by atoms with van der Waals surface area (Å²) in [5, 5.41) is 24.1. The molecular weight excluding hydrogens is 458 g/mol. The highest BCUT2D eigenvalue weighted by molar-refractivity contribution is 9.10. The highest BCUT2D eigenvalue weighted by atomic mass is 79.9. The molecule has 0 aliphatic rings. The number of hydrogen-bond acceptors (Lipinski definition) is 7. The Balaban J connectivity index is 1.56. The van der Waals surface area contributed by atoms with Crippen molar-refractivity contribution in [2.24, 2.45) is 0 Å². The van der Waals surface area contributed by atoms with Gasteiger partial charge in [0.15, 0.2) is 11.4 Å². The number of ketones is 1. The standard InChI is InChI=1S/C19H12BrN5O3S/c20-14-6-4-12(5-7-14)16-8-9-18-21-22-19(24(18)23-16)29-11-17(26)13-2-1-3-15(10-13)25(27)28/h1-10H,11H2.